The first kappa shape index (κ1) is 19.7. The topological polar surface area (TPSA) is 102 Å². The summed E-state index contributed by atoms with van der Waals surface area (Å²) in [6.07, 6.45) is 0.932. The normalized spacial score (nSPS) is 15.5. The molecule has 1 fully saturated rings. The minimum absolute atomic E-state index is 0.00720. The molecule has 8 nitrogen and oxygen atoms in total. The van der Waals surface area contributed by atoms with Crippen LogP contribution in [-0.2, 0) is 4.74 Å². The SMILES string of the molecule is Cc1cc(C(=O)NC2CCN(C(=O)OC(C)(C)C)CC2)ccc1[N+](=O)[O-]. The molecule has 1 N–H and O–H groups in total. The monoisotopic (exact) mass is 363 g/mol. The molecule has 26 heavy (non-hydrogen) atoms. The van der Waals surface area contributed by atoms with Crippen molar-refractivity contribution in [2.75, 3.05) is 13.1 Å². The Morgan fingerprint density at radius 3 is 2.38 bits per heavy atom. The van der Waals surface area contributed by atoms with Gasteiger partial charge in [0.2, 0.25) is 0 Å². The smallest absolute Gasteiger partial charge is 0.410 e. The number of rotatable bonds is 3. The number of hydrogen-bond acceptors (Lipinski definition) is 5. The van der Waals surface area contributed by atoms with Gasteiger partial charge < -0.3 is 15.0 Å². The van der Waals surface area contributed by atoms with Gasteiger partial charge in [-0.2, -0.15) is 0 Å². The third-order valence-corrected chi connectivity index (χ3v) is 4.14. The highest BCUT2D eigenvalue weighted by molar-refractivity contribution is 5.94. The second kappa shape index (κ2) is 7.72. The van der Waals surface area contributed by atoms with E-state index in [-0.39, 0.29) is 23.7 Å². The van der Waals surface area contributed by atoms with Crippen LogP contribution in [0.15, 0.2) is 18.2 Å². The van der Waals surface area contributed by atoms with Gasteiger partial charge in [0.25, 0.3) is 11.6 Å². The maximum atomic E-state index is 12.4. The Kier molecular flexibility index (Phi) is 5.84. The summed E-state index contributed by atoms with van der Waals surface area (Å²) in [6, 6.07) is 4.27. The van der Waals surface area contributed by atoms with Crippen molar-refractivity contribution in [2.45, 2.75) is 52.2 Å². The lowest BCUT2D eigenvalue weighted by Crippen LogP contribution is -2.47. The molecule has 2 amide bonds. The summed E-state index contributed by atoms with van der Waals surface area (Å²) in [7, 11) is 0. The van der Waals surface area contributed by atoms with Gasteiger partial charge in [0.15, 0.2) is 0 Å². The van der Waals surface area contributed by atoms with E-state index < -0.39 is 10.5 Å². The van der Waals surface area contributed by atoms with Gasteiger partial charge in [-0.25, -0.2) is 4.79 Å². The average Bonchev–Trinajstić information content (AvgIpc) is 2.53. The van der Waals surface area contributed by atoms with Crippen molar-refractivity contribution < 1.29 is 19.2 Å². The number of benzene rings is 1. The lowest BCUT2D eigenvalue weighted by atomic mass is 10.0. The van der Waals surface area contributed by atoms with Gasteiger partial charge >= 0.3 is 6.09 Å². The fourth-order valence-electron chi connectivity index (χ4n) is 2.80. The van der Waals surface area contributed by atoms with E-state index in [4.69, 9.17) is 4.74 Å². The minimum atomic E-state index is -0.532. The van der Waals surface area contributed by atoms with E-state index in [1.807, 2.05) is 20.8 Å². The van der Waals surface area contributed by atoms with Crippen molar-refractivity contribution in [3.63, 3.8) is 0 Å². The molecule has 8 heteroatoms. The van der Waals surface area contributed by atoms with E-state index >= 15 is 0 Å². The number of likely N-dealkylation sites (tertiary alicyclic amines) is 1. The first-order chi connectivity index (χ1) is 12.1. The van der Waals surface area contributed by atoms with Crippen LogP contribution in [0, 0.1) is 17.0 Å². The van der Waals surface area contributed by atoms with Gasteiger partial charge in [-0.3, -0.25) is 14.9 Å². The van der Waals surface area contributed by atoms with Gasteiger partial charge in [0.1, 0.15) is 5.60 Å². The quantitative estimate of drug-likeness (QED) is 0.657. The molecule has 1 aliphatic rings. The average molecular weight is 363 g/mol. The Bertz CT molecular complexity index is 703. The maximum absolute atomic E-state index is 12.4. The van der Waals surface area contributed by atoms with Crippen LogP contribution in [0.4, 0.5) is 10.5 Å². The Morgan fingerprint density at radius 1 is 1.27 bits per heavy atom. The minimum Gasteiger partial charge on any atom is -0.444 e. The fourth-order valence-corrected chi connectivity index (χ4v) is 2.80. The third kappa shape index (κ3) is 5.18. The van der Waals surface area contributed by atoms with E-state index in [0.717, 1.165) is 0 Å². The van der Waals surface area contributed by atoms with Crippen LogP contribution in [0.3, 0.4) is 0 Å². The molecule has 0 bridgehead atoms. The van der Waals surface area contributed by atoms with E-state index in [2.05, 4.69) is 5.32 Å². The molecule has 1 heterocycles. The molecular weight excluding hydrogens is 338 g/mol. The summed E-state index contributed by atoms with van der Waals surface area (Å²) in [6.45, 7) is 8.10. The van der Waals surface area contributed by atoms with Crippen molar-refractivity contribution in [2.24, 2.45) is 0 Å². The molecule has 1 saturated heterocycles. The zero-order chi connectivity index (χ0) is 19.5. The molecule has 2 rings (SSSR count). The molecule has 0 radical (unpaired) electrons. The van der Waals surface area contributed by atoms with Crippen molar-refractivity contribution >= 4 is 17.7 Å². The number of amides is 2. The number of nitro groups is 1. The van der Waals surface area contributed by atoms with Gasteiger partial charge in [0.05, 0.1) is 4.92 Å². The number of aryl methyl sites for hydroxylation is 1. The standard InChI is InChI=1S/C18H25N3O5/c1-12-11-13(5-6-15(12)21(24)25)16(22)19-14-7-9-20(10-8-14)17(23)26-18(2,3)4/h5-6,11,14H,7-10H2,1-4H3,(H,19,22). The number of nitrogens with zero attached hydrogens (tertiary/aromatic N) is 2. The summed E-state index contributed by atoms with van der Waals surface area (Å²) in [5.74, 6) is -0.265. The number of hydrogen-bond donors (Lipinski definition) is 1. The third-order valence-electron chi connectivity index (χ3n) is 4.14. The first-order valence-electron chi connectivity index (χ1n) is 8.60. The van der Waals surface area contributed by atoms with Crippen molar-refractivity contribution in [1.29, 1.82) is 0 Å². The predicted molar refractivity (Wildman–Crippen MR) is 96.1 cm³/mol. The number of carbonyl (C=O) groups is 2. The lowest BCUT2D eigenvalue weighted by Gasteiger charge is -2.33. The van der Waals surface area contributed by atoms with E-state index in [9.17, 15) is 19.7 Å². The largest absolute Gasteiger partial charge is 0.444 e. The van der Waals surface area contributed by atoms with Crippen LogP contribution in [0.2, 0.25) is 0 Å². The molecule has 1 aliphatic heterocycles. The van der Waals surface area contributed by atoms with Crippen molar-refractivity contribution in [1.82, 2.24) is 10.2 Å². The zero-order valence-electron chi connectivity index (χ0n) is 15.6. The highest BCUT2D eigenvalue weighted by atomic mass is 16.6. The molecule has 1 aromatic carbocycles. The molecule has 0 unspecified atom stereocenters. The maximum Gasteiger partial charge on any atom is 0.410 e. The summed E-state index contributed by atoms with van der Waals surface area (Å²) < 4.78 is 5.35. The Balaban J connectivity index is 1.89. The van der Waals surface area contributed by atoms with E-state index in [1.165, 1.54) is 18.2 Å². The second-order valence-electron chi connectivity index (χ2n) is 7.47. The Labute approximate surface area is 152 Å². The number of nitrogens with one attached hydrogen (secondary N) is 1. The fraction of sp³-hybridized carbons (Fsp3) is 0.556. The summed E-state index contributed by atoms with van der Waals surface area (Å²) in [5, 5.41) is 13.8. The van der Waals surface area contributed by atoms with Gasteiger partial charge in [-0.05, 0) is 52.7 Å². The van der Waals surface area contributed by atoms with Crippen LogP contribution in [-0.4, -0.2) is 46.6 Å². The molecule has 0 aliphatic carbocycles. The molecular formula is C18H25N3O5. The zero-order valence-corrected chi connectivity index (χ0v) is 15.6. The molecule has 0 spiro atoms. The van der Waals surface area contributed by atoms with Crippen LogP contribution in [0.25, 0.3) is 0 Å². The first-order valence-corrected chi connectivity index (χ1v) is 8.60. The van der Waals surface area contributed by atoms with E-state index in [1.54, 1.807) is 11.8 Å². The van der Waals surface area contributed by atoms with Crippen molar-refractivity contribution in [3.8, 4) is 0 Å². The van der Waals surface area contributed by atoms with Crippen LogP contribution in [0.5, 0.6) is 0 Å². The number of ether oxygens (including phenoxy) is 1. The summed E-state index contributed by atoms with van der Waals surface area (Å²) in [4.78, 5) is 36.4. The van der Waals surface area contributed by atoms with Crippen LogP contribution < -0.4 is 5.32 Å². The molecule has 0 aromatic heterocycles. The van der Waals surface area contributed by atoms with Crippen LogP contribution in [0.1, 0.15) is 49.5 Å². The predicted octanol–water partition coefficient (Wildman–Crippen LogP) is 3.03. The molecule has 1 aromatic rings. The highest BCUT2D eigenvalue weighted by Crippen LogP contribution is 2.20. The Morgan fingerprint density at radius 2 is 1.88 bits per heavy atom. The molecule has 0 saturated carbocycles. The number of carbonyl (C=O) groups excluding carboxylic acids is 2. The number of nitro benzene ring substituents is 1. The second-order valence-corrected chi connectivity index (χ2v) is 7.47. The van der Waals surface area contributed by atoms with Gasteiger partial charge in [0, 0.05) is 36.3 Å². The Hall–Kier alpha value is -2.64. The lowest BCUT2D eigenvalue weighted by molar-refractivity contribution is -0.385. The highest BCUT2D eigenvalue weighted by Gasteiger charge is 2.27. The molecule has 142 valence electrons. The van der Waals surface area contributed by atoms with Gasteiger partial charge in [-0.1, -0.05) is 0 Å². The van der Waals surface area contributed by atoms with Crippen LogP contribution >= 0.6 is 0 Å². The summed E-state index contributed by atoms with van der Waals surface area (Å²) in [5.41, 5.74) is 0.299. The number of piperidine rings is 1. The van der Waals surface area contributed by atoms with Crippen molar-refractivity contribution in [3.05, 3.63) is 39.4 Å². The molecule has 0 atom stereocenters. The van der Waals surface area contributed by atoms with E-state index in [0.29, 0.717) is 37.1 Å². The summed E-state index contributed by atoms with van der Waals surface area (Å²) >= 11 is 0. The van der Waals surface area contributed by atoms with Gasteiger partial charge in [-0.15, -0.1) is 0 Å².